The number of ketones is 1. The monoisotopic (exact) mass is 417 g/mol. The van der Waals surface area contributed by atoms with Crippen molar-refractivity contribution < 1.29 is 14.3 Å². The molecule has 0 aliphatic heterocycles. The summed E-state index contributed by atoms with van der Waals surface area (Å²) < 4.78 is 6.70. The van der Waals surface area contributed by atoms with Crippen molar-refractivity contribution in [3.63, 3.8) is 0 Å². The highest BCUT2D eigenvalue weighted by Gasteiger charge is 2.13. The Morgan fingerprint density at radius 2 is 2.00 bits per heavy atom. The highest BCUT2D eigenvalue weighted by molar-refractivity contribution is 14.2. The van der Waals surface area contributed by atoms with Gasteiger partial charge in [0.05, 0.1) is 18.2 Å². The van der Waals surface area contributed by atoms with Crippen LogP contribution in [0.2, 0.25) is 0 Å². The van der Waals surface area contributed by atoms with Gasteiger partial charge in [-0.05, 0) is 25.0 Å². The first-order chi connectivity index (χ1) is 10.2. The lowest BCUT2D eigenvalue weighted by molar-refractivity contribution is -0.117. The molecular formula is C15H16INO3S. The van der Waals surface area contributed by atoms with Crippen molar-refractivity contribution in [1.29, 1.82) is 0 Å². The van der Waals surface area contributed by atoms with Gasteiger partial charge in [0.25, 0.3) is 0 Å². The van der Waals surface area contributed by atoms with Crippen LogP contribution in [0, 0.1) is 0 Å². The Hall–Kier alpha value is -1.02. The minimum absolute atomic E-state index is 0.300. The third kappa shape index (κ3) is 4.00. The molecule has 1 aromatic carbocycles. The quantitative estimate of drug-likeness (QED) is 0.537. The molecule has 6 heteroatoms. The fourth-order valence-electron chi connectivity index (χ4n) is 2.27. The molecule has 0 bridgehead atoms. The molecule has 0 N–H and O–H groups in total. The van der Waals surface area contributed by atoms with E-state index in [2.05, 4.69) is 21.2 Å². The Labute approximate surface area is 139 Å². The number of esters is 1. The van der Waals surface area contributed by atoms with Gasteiger partial charge in [0.2, 0.25) is 0 Å². The smallest absolute Gasteiger partial charge is 0.340 e. The van der Waals surface area contributed by atoms with Crippen LogP contribution in [0.1, 0.15) is 36.0 Å². The predicted molar refractivity (Wildman–Crippen MR) is 93.8 cm³/mol. The highest BCUT2D eigenvalue weighted by Crippen LogP contribution is 2.27. The van der Waals surface area contributed by atoms with Crippen LogP contribution in [-0.4, -0.2) is 22.8 Å². The lowest BCUT2D eigenvalue weighted by Crippen LogP contribution is -2.02. The number of benzene rings is 1. The maximum atomic E-state index is 11.5. The van der Waals surface area contributed by atoms with E-state index in [1.807, 2.05) is 28.4 Å². The van der Waals surface area contributed by atoms with Crippen LogP contribution in [0.3, 0.4) is 0 Å². The van der Waals surface area contributed by atoms with Crippen LogP contribution in [0.4, 0.5) is 0 Å². The molecule has 3 rings (SSSR count). The van der Waals surface area contributed by atoms with Crippen molar-refractivity contribution in [2.45, 2.75) is 25.7 Å². The zero-order valence-electron chi connectivity index (χ0n) is 11.7. The van der Waals surface area contributed by atoms with Crippen LogP contribution in [-0.2, 0) is 9.53 Å². The van der Waals surface area contributed by atoms with E-state index >= 15 is 0 Å². The Morgan fingerprint density at radius 1 is 1.29 bits per heavy atom. The molecule has 0 radical (unpaired) electrons. The molecule has 1 aliphatic rings. The van der Waals surface area contributed by atoms with E-state index in [9.17, 15) is 9.59 Å². The molecule has 1 aromatic heterocycles. The van der Waals surface area contributed by atoms with Crippen LogP contribution < -0.4 is 0 Å². The highest BCUT2D eigenvalue weighted by atomic mass is 127. The summed E-state index contributed by atoms with van der Waals surface area (Å²) in [5.41, 5.74) is 1.51. The standard InChI is InChI=1S/C10H8INO2S.C5H8O/c1-14-10(13)8-4-2-3-7-5-6-12(15-11)9(7)8;6-5-3-1-2-4-5/h2-6H,1H3;1-4H2. The zero-order chi connectivity index (χ0) is 15.2. The van der Waals surface area contributed by atoms with Gasteiger partial charge in [-0.2, -0.15) is 0 Å². The molecule has 1 aliphatic carbocycles. The summed E-state index contributed by atoms with van der Waals surface area (Å²) in [5, 5.41) is 1.04. The second-order valence-electron chi connectivity index (χ2n) is 4.69. The van der Waals surface area contributed by atoms with Crippen molar-refractivity contribution >= 4 is 53.0 Å². The number of rotatable bonds is 2. The van der Waals surface area contributed by atoms with Crippen molar-refractivity contribution in [2.75, 3.05) is 7.11 Å². The van der Waals surface area contributed by atoms with E-state index in [0.29, 0.717) is 11.3 Å². The van der Waals surface area contributed by atoms with Crippen molar-refractivity contribution in [3.05, 3.63) is 36.0 Å². The second-order valence-corrected chi connectivity index (χ2v) is 6.40. The fraction of sp³-hybridized carbons (Fsp3) is 0.333. The van der Waals surface area contributed by atoms with Gasteiger partial charge >= 0.3 is 5.97 Å². The van der Waals surface area contributed by atoms with Crippen LogP contribution in [0.15, 0.2) is 30.5 Å². The number of methoxy groups -OCH3 is 1. The molecule has 4 nitrogen and oxygen atoms in total. The summed E-state index contributed by atoms with van der Waals surface area (Å²) in [7, 11) is 2.92. The topological polar surface area (TPSA) is 48.3 Å². The van der Waals surface area contributed by atoms with Crippen molar-refractivity contribution in [3.8, 4) is 0 Å². The van der Waals surface area contributed by atoms with E-state index in [1.54, 1.807) is 6.07 Å². The molecule has 0 saturated heterocycles. The summed E-state index contributed by atoms with van der Waals surface area (Å²) in [5.74, 6) is 0.154. The first-order valence-corrected chi connectivity index (χ1v) is 9.98. The van der Waals surface area contributed by atoms with Gasteiger partial charge in [-0.1, -0.05) is 12.1 Å². The van der Waals surface area contributed by atoms with E-state index in [0.717, 1.165) is 36.6 Å². The third-order valence-electron chi connectivity index (χ3n) is 3.32. The summed E-state index contributed by atoms with van der Waals surface area (Å²) in [4.78, 5) is 21.8. The largest absolute Gasteiger partial charge is 0.465 e. The molecule has 0 spiro atoms. The first-order valence-electron chi connectivity index (χ1n) is 6.66. The SMILES string of the molecule is COC(=O)c1cccc2ccn(SI)c12.O=C1CCCC1. The lowest BCUT2D eigenvalue weighted by Gasteiger charge is -2.04. The van der Waals surface area contributed by atoms with Crippen LogP contribution in [0.25, 0.3) is 10.9 Å². The van der Waals surface area contributed by atoms with E-state index < -0.39 is 0 Å². The number of ether oxygens (including phenoxy) is 1. The number of Topliss-reactive ketones (excluding diaryl/α,β-unsaturated/α-hetero) is 1. The molecule has 0 atom stereocenters. The zero-order valence-corrected chi connectivity index (χ0v) is 14.6. The Morgan fingerprint density at radius 3 is 2.52 bits per heavy atom. The number of fused-ring (bicyclic) bond motifs is 1. The Kier molecular flexibility index (Phi) is 6.10. The number of nitrogens with zero attached hydrogens (tertiary/aromatic N) is 1. The average molecular weight is 417 g/mol. The second kappa shape index (κ2) is 7.84. The molecule has 0 amide bonds. The van der Waals surface area contributed by atoms with Gasteiger partial charge < -0.3 is 4.74 Å². The van der Waals surface area contributed by atoms with Gasteiger partial charge in [-0.3, -0.25) is 8.77 Å². The van der Waals surface area contributed by atoms with Crippen molar-refractivity contribution in [2.24, 2.45) is 0 Å². The number of carbonyl (C=O) groups is 2. The number of hydrogen-bond acceptors (Lipinski definition) is 4. The number of para-hydroxylation sites is 1. The molecule has 1 saturated carbocycles. The molecule has 0 unspecified atom stereocenters. The Balaban J connectivity index is 0.000000225. The first kappa shape index (κ1) is 16.4. The number of carbonyl (C=O) groups excluding carboxylic acids is 2. The van der Waals surface area contributed by atoms with E-state index in [4.69, 9.17) is 4.74 Å². The number of hydrogen-bond donors (Lipinski definition) is 0. The van der Waals surface area contributed by atoms with E-state index in [1.165, 1.54) is 16.2 Å². The summed E-state index contributed by atoms with van der Waals surface area (Å²) in [6.07, 6.45) is 5.91. The molecule has 112 valence electrons. The minimum atomic E-state index is -0.300. The molecule has 1 fully saturated rings. The minimum Gasteiger partial charge on any atom is -0.465 e. The summed E-state index contributed by atoms with van der Waals surface area (Å²) in [6.45, 7) is 0. The summed E-state index contributed by atoms with van der Waals surface area (Å²) in [6, 6.07) is 7.59. The maximum Gasteiger partial charge on any atom is 0.340 e. The van der Waals surface area contributed by atoms with Crippen LogP contribution in [0.5, 0.6) is 0 Å². The average Bonchev–Trinajstić information content (AvgIpc) is 3.15. The number of halogens is 1. The fourth-order valence-corrected chi connectivity index (χ4v) is 3.63. The van der Waals surface area contributed by atoms with Gasteiger partial charge in [0.15, 0.2) is 0 Å². The molecular weight excluding hydrogens is 401 g/mol. The van der Waals surface area contributed by atoms with Crippen LogP contribution >= 0.6 is 30.3 Å². The predicted octanol–water partition coefficient (Wildman–Crippen LogP) is 4.40. The molecule has 2 aromatic rings. The van der Waals surface area contributed by atoms with Crippen molar-refractivity contribution in [1.82, 2.24) is 3.97 Å². The third-order valence-corrected chi connectivity index (χ3v) is 5.04. The lowest BCUT2D eigenvalue weighted by atomic mass is 10.1. The molecule has 1 heterocycles. The van der Waals surface area contributed by atoms with Gasteiger partial charge in [0.1, 0.15) is 5.78 Å². The maximum absolute atomic E-state index is 11.5. The Bertz CT molecular complexity index is 645. The van der Waals surface area contributed by atoms with Gasteiger partial charge in [-0.25, -0.2) is 4.79 Å². The summed E-state index contributed by atoms with van der Waals surface area (Å²) >= 11 is 2.18. The molecule has 21 heavy (non-hydrogen) atoms. The van der Waals surface area contributed by atoms with E-state index in [-0.39, 0.29) is 5.97 Å². The van der Waals surface area contributed by atoms with Gasteiger partial charge in [-0.15, -0.1) is 0 Å². The normalized spacial score (nSPS) is 13.9. The number of aromatic nitrogens is 1. The van der Waals surface area contributed by atoms with Gasteiger partial charge in [0, 0.05) is 54.7 Å².